The molecule has 0 aliphatic heterocycles. The number of hydrogen-bond acceptors (Lipinski definition) is 4. The first-order chi connectivity index (χ1) is 7.38. The molecule has 0 unspecified atom stereocenters. The molecule has 4 nitrogen and oxygen atoms in total. The van der Waals surface area contributed by atoms with Crippen LogP contribution >= 0.6 is 0 Å². The lowest BCUT2D eigenvalue weighted by Gasteiger charge is -2.26. The van der Waals surface area contributed by atoms with E-state index in [0.717, 1.165) is 24.6 Å². The van der Waals surface area contributed by atoms with E-state index in [1.165, 1.54) is 19.3 Å². The van der Waals surface area contributed by atoms with Crippen molar-refractivity contribution in [2.24, 2.45) is 0 Å². The van der Waals surface area contributed by atoms with Crippen LogP contribution in [0.3, 0.4) is 0 Å². The molecule has 0 aromatic carbocycles. The van der Waals surface area contributed by atoms with Crippen LogP contribution in [0.2, 0.25) is 0 Å². The Bertz CT molecular complexity index is 309. The predicted molar refractivity (Wildman–Crippen MR) is 60.9 cm³/mol. The van der Waals surface area contributed by atoms with E-state index in [9.17, 15) is 0 Å². The van der Waals surface area contributed by atoms with E-state index in [4.69, 9.17) is 0 Å². The lowest BCUT2D eigenvalue weighted by atomic mass is 9.93. The molecule has 1 aliphatic rings. The smallest absolute Gasteiger partial charge is 0.131 e. The Hall–Kier alpha value is -1.16. The van der Waals surface area contributed by atoms with Crippen LogP contribution < -0.4 is 10.6 Å². The molecular formula is C11H18N4. The van der Waals surface area contributed by atoms with Gasteiger partial charge in [-0.1, -0.05) is 0 Å². The minimum atomic E-state index is 0.636. The molecule has 1 aliphatic carbocycles. The fraction of sp³-hybridized carbons (Fsp3) is 0.636. The Kier molecular flexibility index (Phi) is 3.50. The van der Waals surface area contributed by atoms with Gasteiger partial charge in [0, 0.05) is 25.2 Å². The van der Waals surface area contributed by atoms with Crippen LogP contribution in [0.4, 0.5) is 5.82 Å². The quantitative estimate of drug-likeness (QED) is 0.760. The Labute approximate surface area is 90.5 Å². The highest BCUT2D eigenvalue weighted by atomic mass is 15.1. The largest absolute Gasteiger partial charge is 0.367 e. The van der Waals surface area contributed by atoms with Crippen molar-refractivity contribution < 1.29 is 0 Å². The maximum absolute atomic E-state index is 4.47. The summed E-state index contributed by atoms with van der Waals surface area (Å²) in [6, 6.07) is 2.58. The van der Waals surface area contributed by atoms with Crippen LogP contribution in [-0.4, -0.2) is 29.6 Å². The van der Waals surface area contributed by atoms with E-state index in [-0.39, 0.29) is 0 Å². The second-order valence-corrected chi connectivity index (χ2v) is 3.98. The molecule has 4 heteroatoms. The maximum atomic E-state index is 4.47. The molecule has 1 saturated carbocycles. The molecule has 0 bridgehead atoms. The zero-order chi connectivity index (χ0) is 10.5. The fourth-order valence-electron chi connectivity index (χ4n) is 1.60. The van der Waals surface area contributed by atoms with Crippen LogP contribution in [0.25, 0.3) is 0 Å². The van der Waals surface area contributed by atoms with Crippen LogP contribution in [0.5, 0.6) is 0 Å². The second kappa shape index (κ2) is 5.07. The molecule has 0 saturated heterocycles. The standard InChI is InChI=1S/C11H18N4/c1-12-7-5-10-13-8-6-11(15-10)14-9-3-2-4-9/h6,8-9,12H,2-5,7H2,1H3,(H,13,14,15). The van der Waals surface area contributed by atoms with Crippen molar-refractivity contribution >= 4 is 5.82 Å². The second-order valence-electron chi connectivity index (χ2n) is 3.98. The summed E-state index contributed by atoms with van der Waals surface area (Å²) in [4.78, 5) is 8.71. The number of nitrogens with one attached hydrogen (secondary N) is 2. The first-order valence-corrected chi connectivity index (χ1v) is 5.61. The Morgan fingerprint density at radius 3 is 3.00 bits per heavy atom. The van der Waals surface area contributed by atoms with Gasteiger partial charge in [0.1, 0.15) is 11.6 Å². The van der Waals surface area contributed by atoms with Gasteiger partial charge in [-0.3, -0.25) is 0 Å². The Balaban J connectivity index is 1.92. The van der Waals surface area contributed by atoms with E-state index in [1.807, 2.05) is 19.3 Å². The molecule has 1 heterocycles. The fourth-order valence-corrected chi connectivity index (χ4v) is 1.60. The van der Waals surface area contributed by atoms with Gasteiger partial charge in [-0.2, -0.15) is 0 Å². The molecule has 0 spiro atoms. The van der Waals surface area contributed by atoms with E-state index < -0.39 is 0 Å². The van der Waals surface area contributed by atoms with Crippen LogP contribution in [0, 0.1) is 0 Å². The molecule has 2 N–H and O–H groups in total. The number of likely N-dealkylation sites (N-methyl/N-ethyl adjacent to an activating group) is 1. The van der Waals surface area contributed by atoms with E-state index in [0.29, 0.717) is 6.04 Å². The van der Waals surface area contributed by atoms with Crippen LogP contribution in [-0.2, 0) is 6.42 Å². The minimum Gasteiger partial charge on any atom is -0.367 e. The lowest BCUT2D eigenvalue weighted by molar-refractivity contribution is 0.444. The molecule has 1 aromatic rings. The van der Waals surface area contributed by atoms with Crippen molar-refractivity contribution in [2.45, 2.75) is 31.7 Å². The number of hydrogen-bond donors (Lipinski definition) is 2. The first kappa shape index (κ1) is 10.4. The van der Waals surface area contributed by atoms with Gasteiger partial charge >= 0.3 is 0 Å². The van der Waals surface area contributed by atoms with Crippen LogP contribution in [0.1, 0.15) is 25.1 Å². The zero-order valence-corrected chi connectivity index (χ0v) is 9.16. The topological polar surface area (TPSA) is 49.8 Å². The van der Waals surface area contributed by atoms with Crippen molar-refractivity contribution in [3.8, 4) is 0 Å². The molecule has 0 atom stereocenters. The number of rotatable bonds is 5. The van der Waals surface area contributed by atoms with Gasteiger partial charge in [0.2, 0.25) is 0 Å². The molecule has 2 rings (SSSR count). The number of aromatic nitrogens is 2. The van der Waals surface area contributed by atoms with Gasteiger partial charge in [0.25, 0.3) is 0 Å². The van der Waals surface area contributed by atoms with E-state index in [1.54, 1.807) is 0 Å². The molecule has 1 fully saturated rings. The van der Waals surface area contributed by atoms with Gasteiger partial charge in [-0.05, 0) is 32.4 Å². The Morgan fingerprint density at radius 1 is 1.47 bits per heavy atom. The van der Waals surface area contributed by atoms with Crippen LogP contribution in [0.15, 0.2) is 12.3 Å². The van der Waals surface area contributed by atoms with Crippen molar-refractivity contribution in [3.63, 3.8) is 0 Å². The summed E-state index contributed by atoms with van der Waals surface area (Å²) in [5.74, 6) is 1.88. The summed E-state index contributed by atoms with van der Waals surface area (Å²) in [7, 11) is 1.94. The van der Waals surface area contributed by atoms with Crippen molar-refractivity contribution in [3.05, 3.63) is 18.1 Å². The molecule has 0 amide bonds. The average molecular weight is 206 g/mol. The minimum absolute atomic E-state index is 0.636. The van der Waals surface area contributed by atoms with Gasteiger partial charge in [-0.15, -0.1) is 0 Å². The predicted octanol–water partition coefficient (Wildman–Crippen LogP) is 1.20. The summed E-state index contributed by atoms with van der Waals surface area (Å²) in [6.45, 7) is 0.923. The van der Waals surface area contributed by atoms with Gasteiger partial charge in [0.05, 0.1) is 0 Å². The summed E-state index contributed by atoms with van der Waals surface area (Å²) < 4.78 is 0. The summed E-state index contributed by atoms with van der Waals surface area (Å²) in [5, 5.41) is 6.52. The third kappa shape index (κ3) is 2.89. The highest BCUT2D eigenvalue weighted by Gasteiger charge is 2.17. The monoisotopic (exact) mass is 206 g/mol. The summed E-state index contributed by atoms with van der Waals surface area (Å²) in [5.41, 5.74) is 0. The average Bonchev–Trinajstić information content (AvgIpc) is 2.21. The van der Waals surface area contributed by atoms with Crippen molar-refractivity contribution in [1.82, 2.24) is 15.3 Å². The SMILES string of the molecule is CNCCc1nccc(NC2CCC2)n1. The first-order valence-electron chi connectivity index (χ1n) is 5.61. The Morgan fingerprint density at radius 2 is 2.33 bits per heavy atom. The normalized spacial score (nSPS) is 16.1. The molecule has 1 aromatic heterocycles. The van der Waals surface area contributed by atoms with Gasteiger partial charge < -0.3 is 10.6 Å². The number of nitrogens with zero attached hydrogens (tertiary/aromatic N) is 2. The molecule has 0 radical (unpaired) electrons. The van der Waals surface area contributed by atoms with Crippen molar-refractivity contribution in [1.29, 1.82) is 0 Å². The number of anilines is 1. The van der Waals surface area contributed by atoms with E-state index in [2.05, 4.69) is 20.6 Å². The molecular weight excluding hydrogens is 188 g/mol. The maximum Gasteiger partial charge on any atom is 0.131 e. The van der Waals surface area contributed by atoms with E-state index >= 15 is 0 Å². The zero-order valence-electron chi connectivity index (χ0n) is 9.16. The van der Waals surface area contributed by atoms with Crippen molar-refractivity contribution in [2.75, 3.05) is 18.9 Å². The third-order valence-corrected chi connectivity index (χ3v) is 2.76. The van der Waals surface area contributed by atoms with Gasteiger partial charge in [-0.25, -0.2) is 9.97 Å². The third-order valence-electron chi connectivity index (χ3n) is 2.76. The molecule has 15 heavy (non-hydrogen) atoms. The highest BCUT2D eigenvalue weighted by molar-refractivity contribution is 5.34. The molecule has 82 valence electrons. The lowest BCUT2D eigenvalue weighted by Crippen LogP contribution is -2.27. The summed E-state index contributed by atoms with van der Waals surface area (Å²) in [6.07, 6.45) is 6.61. The highest BCUT2D eigenvalue weighted by Crippen LogP contribution is 2.21. The van der Waals surface area contributed by atoms with Gasteiger partial charge in [0.15, 0.2) is 0 Å². The summed E-state index contributed by atoms with van der Waals surface area (Å²) >= 11 is 0.